The maximum absolute atomic E-state index is 12.6. The summed E-state index contributed by atoms with van der Waals surface area (Å²) < 4.78 is 12.7. The molecule has 1 amide bonds. The molecule has 2 aromatic carbocycles. The number of tetrazole rings is 1. The van der Waals surface area contributed by atoms with E-state index in [0.717, 1.165) is 5.56 Å². The highest BCUT2D eigenvalue weighted by Crippen LogP contribution is 2.29. The van der Waals surface area contributed by atoms with Gasteiger partial charge in [0.25, 0.3) is 5.91 Å². The fourth-order valence-electron chi connectivity index (χ4n) is 2.63. The van der Waals surface area contributed by atoms with Crippen LogP contribution in [0.4, 0.5) is 0 Å². The van der Waals surface area contributed by atoms with Gasteiger partial charge in [-0.15, -0.1) is 5.10 Å². The summed E-state index contributed by atoms with van der Waals surface area (Å²) in [6, 6.07) is 12.3. The number of carbonyl (C=O) groups is 2. The molecular formula is C22H23N5O4. The molecule has 1 aromatic heterocycles. The van der Waals surface area contributed by atoms with Gasteiger partial charge in [0.2, 0.25) is 0 Å². The number of hydrogen-bond acceptors (Lipinski definition) is 7. The van der Waals surface area contributed by atoms with Crippen molar-refractivity contribution in [1.82, 2.24) is 25.1 Å². The molecule has 0 saturated carbocycles. The van der Waals surface area contributed by atoms with Crippen molar-refractivity contribution in [3.63, 3.8) is 0 Å². The number of hydrogen-bond donors (Lipinski definition) is 0. The van der Waals surface area contributed by atoms with E-state index in [-0.39, 0.29) is 18.3 Å². The zero-order valence-corrected chi connectivity index (χ0v) is 17.6. The summed E-state index contributed by atoms with van der Waals surface area (Å²) in [4.78, 5) is 25.8. The first-order valence-corrected chi connectivity index (χ1v) is 9.63. The van der Waals surface area contributed by atoms with Crippen molar-refractivity contribution in [2.45, 2.75) is 6.92 Å². The van der Waals surface area contributed by atoms with Crippen LogP contribution in [0.1, 0.15) is 22.8 Å². The van der Waals surface area contributed by atoms with Crippen molar-refractivity contribution in [2.24, 2.45) is 0 Å². The van der Waals surface area contributed by atoms with Crippen molar-refractivity contribution in [3.05, 3.63) is 66.0 Å². The Morgan fingerprint density at radius 3 is 2.65 bits per heavy atom. The van der Waals surface area contributed by atoms with E-state index in [1.165, 1.54) is 22.0 Å². The van der Waals surface area contributed by atoms with E-state index >= 15 is 0 Å². The van der Waals surface area contributed by atoms with Crippen molar-refractivity contribution in [1.29, 1.82) is 0 Å². The Morgan fingerprint density at radius 1 is 1.10 bits per heavy atom. The molecule has 9 nitrogen and oxygen atoms in total. The van der Waals surface area contributed by atoms with Crippen LogP contribution in [0.15, 0.2) is 54.9 Å². The van der Waals surface area contributed by atoms with E-state index in [0.29, 0.717) is 29.4 Å². The topological polar surface area (TPSA) is 99.4 Å². The van der Waals surface area contributed by atoms with Crippen LogP contribution in [-0.4, -0.2) is 64.1 Å². The van der Waals surface area contributed by atoms with Gasteiger partial charge >= 0.3 is 0 Å². The predicted molar refractivity (Wildman–Crippen MR) is 114 cm³/mol. The van der Waals surface area contributed by atoms with Crippen LogP contribution in [0.2, 0.25) is 0 Å². The number of benzene rings is 2. The molecule has 9 heteroatoms. The Kier molecular flexibility index (Phi) is 7.10. The molecule has 0 spiro atoms. The third-order valence-electron chi connectivity index (χ3n) is 4.29. The molecule has 0 aliphatic heterocycles. The zero-order chi connectivity index (χ0) is 22.2. The van der Waals surface area contributed by atoms with Gasteiger partial charge in [-0.1, -0.05) is 24.3 Å². The standard InChI is InChI=1S/C22H23N5O4/c1-4-30-21-12-16(9-11-20(21)31-14-22(29)26(2)3)8-10-19(28)17-6-5-7-18(13-17)27-15-23-24-25-27/h5-13,15H,4,14H2,1-3H3/b10-8+. The van der Waals surface area contributed by atoms with Gasteiger partial charge in [0.05, 0.1) is 12.3 Å². The molecule has 31 heavy (non-hydrogen) atoms. The molecule has 0 atom stereocenters. The van der Waals surface area contributed by atoms with Crippen LogP contribution >= 0.6 is 0 Å². The smallest absolute Gasteiger partial charge is 0.259 e. The summed E-state index contributed by atoms with van der Waals surface area (Å²) >= 11 is 0. The minimum absolute atomic E-state index is 0.0849. The van der Waals surface area contributed by atoms with Gasteiger partial charge in [-0.3, -0.25) is 9.59 Å². The number of nitrogens with zero attached hydrogens (tertiary/aromatic N) is 5. The monoisotopic (exact) mass is 421 g/mol. The first-order valence-electron chi connectivity index (χ1n) is 9.63. The lowest BCUT2D eigenvalue weighted by molar-refractivity contribution is -0.130. The number of rotatable bonds is 9. The molecule has 0 unspecified atom stereocenters. The average molecular weight is 421 g/mol. The molecule has 0 saturated heterocycles. The molecule has 0 aliphatic carbocycles. The maximum atomic E-state index is 12.6. The predicted octanol–water partition coefficient (Wildman–Crippen LogP) is 2.42. The summed E-state index contributed by atoms with van der Waals surface area (Å²) in [5.41, 5.74) is 1.97. The van der Waals surface area contributed by atoms with Gasteiger partial charge in [-0.25, -0.2) is 4.68 Å². The number of allylic oxidation sites excluding steroid dienone is 1. The quantitative estimate of drug-likeness (QED) is 0.386. The highest BCUT2D eigenvalue weighted by atomic mass is 16.5. The first-order chi connectivity index (χ1) is 15.0. The molecule has 1 heterocycles. The van der Waals surface area contributed by atoms with Crippen LogP contribution in [0, 0.1) is 0 Å². The molecule has 3 rings (SSSR count). The molecule has 0 N–H and O–H groups in total. The van der Waals surface area contributed by atoms with Gasteiger partial charge < -0.3 is 14.4 Å². The van der Waals surface area contributed by atoms with Gasteiger partial charge in [-0.2, -0.15) is 0 Å². The normalized spacial score (nSPS) is 10.8. The van der Waals surface area contributed by atoms with Crippen molar-refractivity contribution < 1.29 is 19.1 Å². The Balaban J connectivity index is 1.74. The third kappa shape index (κ3) is 5.75. The summed E-state index contributed by atoms with van der Waals surface area (Å²) in [7, 11) is 3.33. The number of ether oxygens (including phenoxy) is 2. The number of carbonyl (C=O) groups excluding carboxylic acids is 2. The largest absolute Gasteiger partial charge is 0.490 e. The van der Waals surface area contributed by atoms with Crippen molar-refractivity contribution in [2.75, 3.05) is 27.3 Å². The molecule has 0 radical (unpaired) electrons. The summed E-state index contributed by atoms with van der Waals surface area (Å²) in [5, 5.41) is 11.0. The van der Waals surface area contributed by atoms with E-state index in [9.17, 15) is 9.59 Å². The van der Waals surface area contributed by atoms with Crippen LogP contribution < -0.4 is 9.47 Å². The van der Waals surface area contributed by atoms with E-state index in [1.54, 1.807) is 56.6 Å². The molecule has 160 valence electrons. The van der Waals surface area contributed by atoms with E-state index in [1.807, 2.05) is 13.0 Å². The number of ketones is 1. The van der Waals surface area contributed by atoms with Gasteiger partial charge in [0, 0.05) is 19.7 Å². The Bertz CT molecular complexity index is 1080. The first kappa shape index (κ1) is 21.7. The van der Waals surface area contributed by atoms with Gasteiger partial charge in [-0.05, 0) is 53.3 Å². The van der Waals surface area contributed by atoms with Crippen LogP contribution in [0.5, 0.6) is 11.5 Å². The maximum Gasteiger partial charge on any atom is 0.259 e. The fourth-order valence-corrected chi connectivity index (χ4v) is 2.63. The SMILES string of the molecule is CCOc1cc(/C=C/C(=O)c2cccc(-n3cnnn3)c2)ccc1OCC(=O)N(C)C. The molecule has 0 bridgehead atoms. The van der Waals surface area contributed by atoms with Crippen molar-refractivity contribution >= 4 is 17.8 Å². The molecule has 0 aliphatic rings. The molecule has 0 fully saturated rings. The van der Waals surface area contributed by atoms with Crippen LogP contribution in [-0.2, 0) is 4.79 Å². The van der Waals surface area contributed by atoms with Gasteiger partial charge in [0.1, 0.15) is 6.33 Å². The third-order valence-corrected chi connectivity index (χ3v) is 4.29. The molecular weight excluding hydrogens is 398 g/mol. The van der Waals surface area contributed by atoms with E-state index < -0.39 is 0 Å². The second kappa shape index (κ2) is 10.1. The van der Waals surface area contributed by atoms with Crippen LogP contribution in [0.3, 0.4) is 0 Å². The summed E-state index contributed by atoms with van der Waals surface area (Å²) in [6.45, 7) is 2.21. The number of aromatic nitrogens is 4. The Morgan fingerprint density at radius 2 is 1.94 bits per heavy atom. The summed E-state index contributed by atoms with van der Waals surface area (Å²) in [5.74, 6) is 0.657. The lowest BCUT2D eigenvalue weighted by Gasteiger charge is -2.14. The average Bonchev–Trinajstić information content (AvgIpc) is 3.32. The lowest BCUT2D eigenvalue weighted by atomic mass is 10.1. The highest BCUT2D eigenvalue weighted by molar-refractivity contribution is 6.07. The minimum Gasteiger partial charge on any atom is -0.490 e. The number of amides is 1. The Labute approximate surface area is 179 Å². The van der Waals surface area contributed by atoms with E-state index in [4.69, 9.17) is 9.47 Å². The second-order valence-electron chi connectivity index (χ2n) is 6.72. The second-order valence-corrected chi connectivity index (χ2v) is 6.72. The number of likely N-dealkylation sites (N-methyl/N-ethyl adjacent to an activating group) is 1. The summed E-state index contributed by atoms with van der Waals surface area (Å²) in [6.07, 6.45) is 4.65. The lowest BCUT2D eigenvalue weighted by Crippen LogP contribution is -2.27. The van der Waals surface area contributed by atoms with Crippen LogP contribution in [0.25, 0.3) is 11.8 Å². The minimum atomic E-state index is -0.162. The van der Waals surface area contributed by atoms with Crippen molar-refractivity contribution in [3.8, 4) is 17.2 Å². The molecule has 3 aromatic rings. The van der Waals surface area contributed by atoms with Gasteiger partial charge in [0.15, 0.2) is 23.9 Å². The Hall–Kier alpha value is -4.01. The van der Waals surface area contributed by atoms with E-state index in [2.05, 4.69) is 15.5 Å². The fraction of sp³-hybridized carbons (Fsp3) is 0.227. The zero-order valence-electron chi connectivity index (χ0n) is 17.6. The highest BCUT2D eigenvalue weighted by Gasteiger charge is 2.10.